The summed E-state index contributed by atoms with van der Waals surface area (Å²) in [4.78, 5) is 18.6. The summed E-state index contributed by atoms with van der Waals surface area (Å²) in [6, 6.07) is 5.29. The van der Waals surface area contributed by atoms with Crippen LogP contribution in [0.4, 0.5) is 0 Å². The number of rotatable bonds is 2. The van der Waals surface area contributed by atoms with Gasteiger partial charge in [-0.3, -0.25) is 4.79 Å². The van der Waals surface area contributed by atoms with E-state index in [0.717, 1.165) is 18.7 Å². The van der Waals surface area contributed by atoms with Gasteiger partial charge in [-0.15, -0.1) is 0 Å². The molecule has 0 aliphatic carbocycles. The lowest BCUT2D eigenvalue weighted by Gasteiger charge is -2.57. The van der Waals surface area contributed by atoms with Crippen molar-refractivity contribution in [2.75, 3.05) is 19.8 Å². The number of amides is 1. The molecule has 0 bridgehead atoms. The molecule has 1 amide bonds. The molecule has 4 rings (SSSR count). The number of hydrogen-bond donors (Lipinski definition) is 0. The number of benzene rings is 1. The Hall–Kier alpha value is -1.56. The summed E-state index contributed by atoms with van der Waals surface area (Å²) < 4.78 is 7.01. The van der Waals surface area contributed by atoms with Gasteiger partial charge in [0, 0.05) is 18.4 Å². The van der Waals surface area contributed by atoms with Gasteiger partial charge >= 0.3 is 0 Å². The molecule has 2 saturated heterocycles. The lowest BCUT2D eigenvalue weighted by molar-refractivity contribution is -0.172. The van der Waals surface area contributed by atoms with Gasteiger partial charge in [-0.05, 0) is 24.6 Å². The maximum absolute atomic E-state index is 12.5. The summed E-state index contributed by atoms with van der Waals surface area (Å²) in [5, 5.41) is 0.961. The fourth-order valence-corrected chi connectivity index (χ4v) is 3.15. The molecule has 0 atom stereocenters. The minimum Gasteiger partial charge on any atom is -0.376 e. The van der Waals surface area contributed by atoms with Crippen molar-refractivity contribution in [3.05, 3.63) is 46.5 Å². The number of ether oxygens (including phenoxy) is 1. The summed E-state index contributed by atoms with van der Waals surface area (Å²) in [6.07, 6.45) is 4.33. The number of aromatic nitrogens is 2. The van der Waals surface area contributed by atoms with Crippen molar-refractivity contribution in [2.24, 2.45) is 0 Å². The molecule has 2 fully saturated rings. The van der Waals surface area contributed by atoms with E-state index in [1.807, 2.05) is 11.0 Å². The zero-order chi connectivity index (χ0) is 15.3. The van der Waals surface area contributed by atoms with Gasteiger partial charge in [-0.2, -0.15) is 0 Å². The summed E-state index contributed by atoms with van der Waals surface area (Å²) in [5.41, 5.74) is 1.16. The second kappa shape index (κ2) is 4.98. The second-order valence-corrected chi connectivity index (χ2v) is 6.50. The summed E-state index contributed by atoms with van der Waals surface area (Å²) >= 11 is 11.9. The largest absolute Gasteiger partial charge is 0.376 e. The Morgan fingerprint density at radius 1 is 1.27 bits per heavy atom. The van der Waals surface area contributed by atoms with Crippen molar-refractivity contribution in [1.29, 1.82) is 0 Å². The smallest absolute Gasteiger partial charge is 0.274 e. The van der Waals surface area contributed by atoms with Crippen LogP contribution in [-0.4, -0.2) is 45.7 Å². The third-order valence-electron chi connectivity index (χ3n) is 4.36. The van der Waals surface area contributed by atoms with Crippen LogP contribution >= 0.6 is 23.2 Å². The molecular weight excluding hydrogens is 325 g/mol. The Kier molecular flexibility index (Phi) is 3.18. The van der Waals surface area contributed by atoms with Crippen LogP contribution < -0.4 is 0 Å². The van der Waals surface area contributed by atoms with E-state index >= 15 is 0 Å². The number of likely N-dealkylation sites (tertiary alicyclic amines) is 1. The highest BCUT2D eigenvalue weighted by Gasteiger charge is 2.53. The van der Waals surface area contributed by atoms with Crippen LogP contribution in [0.1, 0.15) is 16.9 Å². The van der Waals surface area contributed by atoms with Crippen LogP contribution in [0.25, 0.3) is 5.69 Å². The molecule has 3 heterocycles. The quantitative estimate of drug-likeness (QED) is 0.846. The standard InChI is InChI=1S/C15H13Cl2N3O2/c16-11-2-1-10(5-12(11)17)19-6-13(18-9-19)14(21)20-4-3-15(20)7-22-8-15/h1-2,5-6,9H,3-4,7-8H2. The average Bonchev–Trinajstić information content (AvgIpc) is 2.88. The van der Waals surface area contributed by atoms with Crippen LogP contribution in [0, 0.1) is 0 Å². The van der Waals surface area contributed by atoms with Crippen LogP contribution in [0.5, 0.6) is 0 Å². The van der Waals surface area contributed by atoms with Gasteiger partial charge in [0.25, 0.3) is 5.91 Å². The monoisotopic (exact) mass is 337 g/mol. The van der Waals surface area contributed by atoms with Crippen LogP contribution in [0.3, 0.4) is 0 Å². The molecule has 7 heteroatoms. The second-order valence-electron chi connectivity index (χ2n) is 5.69. The fourth-order valence-electron chi connectivity index (χ4n) is 2.85. The highest BCUT2D eigenvalue weighted by Crippen LogP contribution is 2.38. The Morgan fingerprint density at radius 2 is 2.09 bits per heavy atom. The molecule has 0 radical (unpaired) electrons. The topological polar surface area (TPSA) is 47.4 Å². The third-order valence-corrected chi connectivity index (χ3v) is 5.10. The maximum atomic E-state index is 12.5. The molecule has 0 saturated carbocycles. The van der Waals surface area contributed by atoms with E-state index < -0.39 is 0 Å². The first-order valence-electron chi connectivity index (χ1n) is 6.98. The fraction of sp³-hybridized carbons (Fsp3) is 0.333. The molecule has 1 aromatic carbocycles. The molecule has 0 N–H and O–H groups in total. The van der Waals surface area contributed by atoms with E-state index in [2.05, 4.69) is 4.98 Å². The van der Waals surface area contributed by atoms with Crippen LogP contribution in [0.15, 0.2) is 30.7 Å². The van der Waals surface area contributed by atoms with Crippen molar-refractivity contribution in [2.45, 2.75) is 12.0 Å². The first-order chi connectivity index (χ1) is 10.6. The minimum absolute atomic E-state index is 0.0478. The Morgan fingerprint density at radius 3 is 2.68 bits per heavy atom. The van der Waals surface area contributed by atoms with Crippen molar-refractivity contribution < 1.29 is 9.53 Å². The molecular formula is C15H13Cl2N3O2. The predicted octanol–water partition coefficient (Wildman–Crippen LogP) is 2.79. The summed E-state index contributed by atoms with van der Waals surface area (Å²) in [6.45, 7) is 2.03. The van der Waals surface area contributed by atoms with E-state index in [-0.39, 0.29) is 11.4 Å². The molecule has 2 aliphatic heterocycles. The number of halogens is 2. The number of carbonyl (C=O) groups is 1. The summed E-state index contributed by atoms with van der Waals surface area (Å²) in [7, 11) is 0. The van der Waals surface area contributed by atoms with E-state index in [9.17, 15) is 4.79 Å². The number of nitrogens with zero attached hydrogens (tertiary/aromatic N) is 3. The van der Waals surface area contributed by atoms with Crippen LogP contribution in [0.2, 0.25) is 10.0 Å². The zero-order valence-corrected chi connectivity index (χ0v) is 13.1. The van der Waals surface area contributed by atoms with Gasteiger partial charge in [0.05, 0.1) is 28.8 Å². The van der Waals surface area contributed by atoms with Gasteiger partial charge in [0.15, 0.2) is 0 Å². The van der Waals surface area contributed by atoms with E-state index in [0.29, 0.717) is 29.0 Å². The molecule has 114 valence electrons. The Labute approximate surface area is 137 Å². The van der Waals surface area contributed by atoms with E-state index in [1.54, 1.807) is 29.2 Å². The van der Waals surface area contributed by atoms with Crippen LogP contribution in [-0.2, 0) is 4.74 Å². The first-order valence-corrected chi connectivity index (χ1v) is 7.74. The highest BCUT2D eigenvalue weighted by molar-refractivity contribution is 6.42. The van der Waals surface area contributed by atoms with Gasteiger partial charge in [-0.1, -0.05) is 23.2 Å². The van der Waals surface area contributed by atoms with Gasteiger partial charge in [0.1, 0.15) is 12.0 Å². The predicted molar refractivity (Wildman–Crippen MR) is 82.8 cm³/mol. The number of hydrogen-bond acceptors (Lipinski definition) is 3. The van der Waals surface area contributed by atoms with Crippen molar-refractivity contribution in [1.82, 2.24) is 14.5 Å². The molecule has 5 nitrogen and oxygen atoms in total. The lowest BCUT2D eigenvalue weighted by Crippen LogP contribution is -2.72. The first kappa shape index (κ1) is 14.1. The normalized spacial score (nSPS) is 18.9. The molecule has 2 aromatic rings. The minimum atomic E-state index is -0.0789. The van der Waals surface area contributed by atoms with Crippen molar-refractivity contribution >= 4 is 29.1 Å². The number of carbonyl (C=O) groups excluding carboxylic acids is 1. The van der Waals surface area contributed by atoms with E-state index in [4.69, 9.17) is 27.9 Å². The van der Waals surface area contributed by atoms with Gasteiger partial charge in [0.2, 0.25) is 0 Å². The molecule has 22 heavy (non-hydrogen) atoms. The highest BCUT2D eigenvalue weighted by atomic mass is 35.5. The van der Waals surface area contributed by atoms with Gasteiger partial charge < -0.3 is 14.2 Å². The Bertz CT molecular complexity index is 749. The average molecular weight is 338 g/mol. The van der Waals surface area contributed by atoms with E-state index in [1.165, 1.54) is 0 Å². The lowest BCUT2D eigenvalue weighted by atomic mass is 9.82. The van der Waals surface area contributed by atoms with Gasteiger partial charge in [-0.25, -0.2) is 4.98 Å². The molecule has 2 aliphatic rings. The SMILES string of the molecule is O=C(c1cn(-c2ccc(Cl)c(Cl)c2)cn1)N1CCC12COC2. The maximum Gasteiger partial charge on any atom is 0.274 e. The molecule has 0 unspecified atom stereocenters. The molecule has 1 spiro atoms. The molecule has 1 aromatic heterocycles. The number of imidazole rings is 1. The summed E-state index contributed by atoms with van der Waals surface area (Å²) in [5.74, 6) is -0.0478. The zero-order valence-electron chi connectivity index (χ0n) is 11.6. The van der Waals surface area contributed by atoms with Crippen molar-refractivity contribution in [3.8, 4) is 5.69 Å². The Balaban J connectivity index is 1.58. The third kappa shape index (κ3) is 2.04. The van der Waals surface area contributed by atoms with Crippen molar-refractivity contribution in [3.63, 3.8) is 0 Å².